The number of carbonyl (C=O) groups excluding carboxylic acids is 2. The number of carbonyl (C=O) groups is 2. The number of para-hydroxylation sites is 1. The SMILES string of the molecule is CCOc1cc(C=O)ccc1OC(=O)c1ccccc1OC. The van der Waals surface area contributed by atoms with Crippen molar-refractivity contribution in [2.45, 2.75) is 6.92 Å². The number of esters is 1. The quantitative estimate of drug-likeness (QED) is 0.466. The number of benzene rings is 2. The van der Waals surface area contributed by atoms with Gasteiger partial charge in [-0.2, -0.15) is 0 Å². The van der Waals surface area contributed by atoms with Gasteiger partial charge in [0.25, 0.3) is 0 Å². The summed E-state index contributed by atoms with van der Waals surface area (Å²) in [4.78, 5) is 23.1. The smallest absolute Gasteiger partial charge is 0.347 e. The third kappa shape index (κ3) is 3.44. The van der Waals surface area contributed by atoms with E-state index in [1.165, 1.54) is 19.2 Å². The number of ether oxygens (including phenoxy) is 3. The van der Waals surface area contributed by atoms with Gasteiger partial charge >= 0.3 is 5.97 Å². The number of hydrogen-bond acceptors (Lipinski definition) is 5. The maximum atomic E-state index is 12.3. The van der Waals surface area contributed by atoms with Crippen molar-refractivity contribution in [2.75, 3.05) is 13.7 Å². The van der Waals surface area contributed by atoms with Crippen molar-refractivity contribution >= 4 is 12.3 Å². The molecule has 0 unspecified atom stereocenters. The fourth-order valence-corrected chi connectivity index (χ4v) is 1.92. The molecule has 5 nitrogen and oxygen atoms in total. The molecule has 0 radical (unpaired) electrons. The molecular weight excluding hydrogens is 284 g/mol. The molecule has 0 saturated carbocycles. The van der Waals surface area contributed by atoms with Gasteiger partial charge in [-0.15, -0.1) is 0 Å². The first-order valence-electron chi connectivity index (χ1n) is 6.76. The van der Waals surface area contributed by atoms with Crippen LogP contribution < -0.4 is 14.2 Å². The normalized spacial score (nSPS) is 9.91. The van der Waals surface area contributed by atoms with Crippen LogP contribution in [0, 0.1) is 0 Å². The van der Waals surface area contributed by atoms with Crippen LogP contribution in [-0.4, -0.2) is 26.0 Å². The lowest BCUT2D eigenvalue weighted by Gasteiger charge is -2.12. The third-order valence-corrected chi connectivity index (χ3v) is 2.93. The highest BCUT2D eigenvalue weighted by atomic mass is 16.6. The minimum absolute atomic E-state index is 0.253. The molecule has 5 heteroatoms. The van der Waals surface area contributed by atoms with Gasteiger partial charge in [0.1, 0.15) is 17.6 Å². The zero-order chi connectivity index (χ0) is 15.9. The molecule has 0 atom stereocenters. The van der Waals surface area contributed by atoms with Gasteiger partial charge in [0.05, 0.1) is 13.7 Å². The van der Waals surface area contributed by atoms with Crippen molar-refractivity contribution < 1.29 is 23.8 Å². The minimum atomic E-state index is -0.558. The average molecular weight is 300 g/mol. The maximum Gasteiger partial charge on any atom is 0.347 e. The van der Waals surface area contributed by atoms with Crippen LogP contribution in [0.5, 0.6) is 17.2 Å². The lowest BCUT2D eigenvalue weighted by molar-refractivity contribution is 0.0725. The zero-order valence-corrected chi connectivity index (χ0v) is 12.4. The van der Waals surface area contributed by atoms with Gasteiger partial charge < -0.3 is 14.2 Å². The summed E-state index contributed by atoms with van der Waals surface area (Å²) in [6.45, 7) is 2.20. The van der Waals surface area contributed by atoms with Crippen LogP contribution in [0.1, 0.15) is 27.6 Å². The van der Waals surface area contributed by atoms with E-state index in [0.29, 0.717) is 35.5 Å². The molecule has 22 heavy (non-hydrogen) atoms. The predicted octanol–water partition coefficient (Wildman–Crippen LogP) is 3.13. The molecule has 0 fully saturated rings. The highest BCUT2D eigenvalue weighted by Crippen LogP contribution is 2.30. The Morgan fingerprint density at radius 2 is 1.86 bits per heavy atom. The van der Waals surface area contributed by atoms with Gasteiger partial charge in [-0.1, -0.05) is 12.1 Å². The average Bonchev–Trinajstić information content (AvgIpc) is 2.56. The van der Waals surface area contributed by atoms with Gasteiger partial charge in [-0.05, 0) is 37.3 Å². The van der Waals surface area contributed by atoms with Crippen LogP contribution in [0.15, 0.2) is 42.5 Å². The minimum Gasteiger partial charge on any atom is -0.496 e. The maximum absolute atomic E-state index is 12.3. The van der Waals surface area contributed by atoms with E-state index in [1.54, 1.807) is 37.3 Å². The fraction of sp³-hybridized carbons (Fsp3) is 0.176. The monoisotopic (exact) mass is 300 g/mol. The molecule has 0 N–H and O–H groups in total. The number of hydrogen-bond donors (Lipinski definition) is 0. The zero-order valence-electron chi connectivity index (χ0n) is 12.4. The summed E-state index contributed by atoms with van der Waals surface area (Å²) in [5, 5.41) is 0. The van der Waals surface area contributed by atoms with Crippen LogP contribution in [0.4, 0.5) is 0 Å². The highest BCUT2D eigenvalue weighted by molar-refractivity contribution is 5.94. The molecule has 0 spiro atoms. The standard InChI is InChI=1S/C17H16O5/c1-3-21-16-10-12(11-18)8-9-15(16)22-17(19)13-6-4-5-7-14(13)20-2/h4-11H,3H2,1-2H3. The third-order valence-electron chi connectivity index (χ3n) is 2.93. The topological polar surface area (TPSA) is 61.8 Å². The van der Waals surface area contributed by atoms with E-state index in [1.807, 2.05) is 0 Å². The van der Waals surface area contributed by atoms with Gasteiger partial charge in [0.15, 0.2) is 11.5 Å². The number of aldehydes is 1. The lowest BCUT2D eigenvalue weighted by atomic mass is 10.2. The molecule has 0 aliphatic carbocycles. The van der Waals surface area contributed by atoms with E-state index >= 15 is 0 Å². The molecule has 0 aromatic heterocycles. The molecule has 0 bridgehead atoms. The Balaban J connectivity index is 2.29. The van der Waals surface area contributed by atoms with Gasteiger partial charge in [-0.25, -0.2) is 4.79 Å². The van der Waals surface area contributed by atoms with Gasteiger partial charge in [0, 0.05) is 5.56 Å². The molecule has 0 aliphatic heterocycles. The van der Waals surface area contributed by atoms with E-state index in [-0.39, 0.29) is 5.75 Å². The molecule has 2 rings (SSSR count). The van der Waals surface area contributed by atoms with Crippen LogP contribution in [0.3, 0.4) is 0 Å². The molecule has 114 valence electrons. The Morgan fingerprint density at radius 3 is 2.55 bits per heavy atom. The summed E-state index contributed by atoms with van der Waals surface area (Å²) in [5.41, 5.74) is 0.757. The van der Waals surface area contributed by atoms with E-state index in [4.69, 9.17) is 14.2 Å². The van der Waals surface area contributed by atoms with Crippen molar-refractivity contribution in [3.8, 4) is 17.2 Å². The molecule has 0 aliphatic rings. The first kappa shape index (κ1) is 15.6. The number of rotatable bonds is 6. The second-order valence-corrected chi connectivity index (χ2v) is 4.35. The van der Waals surface area contributed by atoms with E-state index < -0.39 is 5.97 Å². The largest absolute Gasteiger partial charge is 0.496 e. The summed E-state index contributed by atoms with van der Waals surface area (Å²) in [6.07, 6.45) is 0.703. The summed E-state index contributed by atoms with van der Waals surface area (Å²) >= 11 is 0. The summed E-state index contributed by atoms with van der Waals surface area (Å²) < 4.78 is 15.9. The van der Waals surface area contributed by atoms with Gasteiger partial charge in [-0.3, -0.25) is 4.79 Å². The molecule has 0 heterocycles. The Hall–Kier alpha value is -2.82. The Kier molecular flexibility index (Phi) is 5.14. The summed E-state index contributed by atoms with van der Waals surface area (Å²) in [6, 6.07) is 11.4. The highest BCUT2D eigenvalue weighted by Gasteiger charge is 2.16. The second kappa shape index (κ2) is 7.26. The molecule has 0 saturated heterocycles. The molecule has 0 amide bonds. The van der Waals surface area contributed by atoms with Crippen molar-refractivity contribution in [3.05, 3.63) is 53.6 Å². The van der Waals surface area contributed by atoms with E-state index in [2.05, 4.69) is 0 Å². The van der Waals surface area contributed by atoms with E-state index in [0.717, 1.165) is 0 Å². The Labute approximate surface area is 128 Å². The first-order valence-corrected chi connectivity index (χ1v) is 6.76. The summed E-state index contributed by atoms with van der Waals surface area (Å²) in [5.74, 6) is 0.464. The molecule has 2 aromatic rings. The van der Waals surface area contributed by atoms with E-state index in [9.17, 15) is 9.59 Å². The Bertz CT molecular complexity index is 678. The van der Waals surface area contributed by atoms with Crippen LogP contribution >= 0.6 is 0 Å². The molecule has 2 aromatic carbocycles. The Morgan fingerprint density at radius 1 is 1.09 bits per heavy atom. The second-order valence-electron chi connectivity index (χ2n) is 4.35. The predicted molar refractivity (Wildman–Crippen MR) is 81.0 cm³/mol. The number of methoxy groups -OCH3 is 1. The van der Waals surface area contributed by atoms with Crippen LogP contribution in [0.25, 0.3) is 0 Å². The van der Waals surface area contributed by atoms with Crippen molar-refractivity contribution in [2.24, 2.45) is 0 Å². The first-order chi connectivity index (χ1) is 10.7. The van der Waals surface area contributed by atoms with Crippen molar-refractivity contribution in [1.29, 1.82) is 0 Å². The fourth-order valence-electron chi connectivity index (χ4n) is 1.92. The van der Waals surface area contributed by atoms with Crippen molar-refractivity contribution in [1.82, 2.24) is 0 Å². The lowest BCUT2D eigenvalue weighted by Crippen LogP contribution is -2.11. The van der Waals surface area contributed by atoms with Crippen LogP contribution in [-0.2, 0) is 0 Å². The van der Waals surface area contributed by atoms with Crippen molar-refractivity contribution in [3.63, 3.8) is 0 Å². The summed E-state index contributed by atoms with van der Waals surface area (Å²) in [7, 11) is 1.48. The van der Waals surface area contributed by atoms with Crippen LogP contribution in [0.2, 0.25) is 0 Å². The van der Waals surface area contributed by atoms with Gasteiger partial charge in [0.2, 0.25) is 0 Å². The molecular formula is C17H16O5.